The van der Waals surface area contributed by atoms with E-state index in [1.807, 2.05) is 54.6 Å². The van der Waals surface area contributed by atoms with Crippen LogP contribution in [0.4, 0.5) is 0 Å². The fourth-order valence-electron chi connectivity index (χ4n) is 2.77. The molecule has 4 rings (SSSR count). The normalized spacial score (nSPS) is 11.3. The third kappa shape index (κ3) is 3.79. The Bertz CT molecular complexity index is 1200. The van der Waals surface area contributed by atoms with Crippen molar-refractivity contribution in [1.29, 1.82) is 0 Å². The Kier molecular flexibility index (Phi) is 5.05. The largest absolute Gasteiger partial charge is 0.268 e. The maximum Gasteiger partial charge on any atom is 0.266 e. The van der Waals surface area contributed by atoms with Crippen LogP contribution in [0.1, 0.15) is 11.4 Å². The Balaban J connectivity index is 1.96. The minimum atomic E-state index is -0.119. The molecule has 0 radical (unpaired) electrons. The molecule has 27 heavy (non-hydrogen) atoms. The van der Waals surface area contributed by atoms with E-state index in [4.69, 9.17) is 16.6 Å². The molecule has 0 aliphatic heterocycles. The van der Waals surface area contributed by atoms with Crippen molar-refractivity contribution < 1.29 is 0 Å². The van der Waals surface area contributed by atoms with Crippen molar-refractivity contribution in [1.82, 2.24) is 14.5 Å². The standard InChI is InChI=1S/C21H13ClIN3O/c22-15-4-7-17(8-5-15)26-20(10-3-14-2-1-11-24-13-14)25-19-9-6-16(23)12-18(19)21(26)27/h1-13H/b10-3+. The molecular formula is C21H13ClIN3O. The number of nitrogens with zero attached hydrogens (tertiary/aromatic N) is 3. The first-order chi connectivity index (χ1) is 13.1. The molecule has 2 aromatic heterocycles. The highest BCUT2D eigenvalue weighted by molar-refractivity contribution is 14.1. The number of aromatic nitrogens is 3. The summed E-state index contributed by atoms with van der Waals surface area (Å²) in [7, 11) is 0. The third-order valence-corrected chi connectivity index (χ3v) is 4.97. The van der Waals surface area contributed by atoms with Crippen LogP contribution < -0.4 is 5.56 Å². The summed E-state index contributed by atoms with van der Waals surface area (Å²) in [5, 5.41) is 1.19. The molecule has 0 spiro atoms. The van der Waals surface area contributed by atoms with E-state index in [2.05, 4.69) is 27.6 Å². The second-order valence-corrected chi connectivity index (χ2v) is 7.55. The first-order valence-electron chi connectivity index (χ1n) is 8.18. The van der Waals surface area contributed by atoms with Crippen LogP contribution >= 0.6 is 34.2 Å². The highest BCUT2D eigenvalue weighted by Gasteiger charge is 2.11. The SMILES string of the molecule is O=c1c2cc(I)ccc2nc(/C=C/c2cccnc2)n1-c1ccc(Cl)cc1. The van der Waals surface area contributed by atoms with Crippen LogP contribution in [-0.2, 0) is 0 Å². The van der Waals surface area contributed by atoms with Crippen molar-refractivity contribution in [3.05, 3.63) is 97.3 Å². The number of benzene rings is 2. The minimum absolute atomic E-state index is 0.119. The molecule has 0 saturated heterocycles. The van der Waals surface area contributed by atoms with Gasteiger partial charge in [-0.25, -0.2) is 4.98 Å². The molecule has 2 aromatic carbocycles. The summed E-state index contributed by atoms with van der Waals surface area (Å²) in [6, 6.07) is 16.6. The topological polar surface area (TPSA) is 47.8 Å². The van der Waals surface area contributed by atoms with Crippen molar-refractivity contribution in [3.8, 4) is 5.69 Å². The summed E-state index contributed by atoms with van der Waals surface area (Å²) in [6.45, 7) is 0. The molecular weight excluding hydrogens is 473 g/mol. The molecule has 0 N–H and O–H groups in total. The van der Waals surface area contributed by atoms with Gasteiger partial charge in [0.25, 0.3) is 5.56 Å². The predicted molar refractivity (Wildman–Crippen MR) is 118 cm³/mol. The number of hydrogen-bond donors (Lipinski definition) is 0. The van der Waals surface area contributed by atoms with Crippen LogP contribution in [0, 0.1) is 3.57 Å². The molecule has 0 amide bonds. The van der Waals surface area contributed by atoms with Gasteiger partial charge >= 0.3 is 0 Å². The molecule has 0 atom stereocenters. The van der Waals surface area contributed by atoms with Gasteiger partial charge in [0.2, 0.25) is 0 Å². The zero-order valence-corrected chi connectivity index (χ0v) is 16.9. The number of pyridine rings is 1. The van der Waals surface area contributed by atoms with Gasteiger partial charge in [-0.2, -0.15) is 0 Å². The zero-order valence-electron chi connectivity index (χ0n) is 14.0. The summed E-state index contributed by atoms with van der Waals surface area (Å²) in [4.78, 5) is 22.1. The molecule has 2 heterocycles. The number of fused-ring (bicyclic) bond motifs is 1. The molecule has 4 aromatic rings. The van der Waals surface area contributed by atoms with Crippen LogP contribution in [0.3, 0.4) is 0 Å². The van der Waals surface area contributed by atoms with E-state index in [1.54, 1.807) is 29.1 Å². The molecule has 0 fully saturated rings. The van der Waals surface area contributed by atoms with E-state index in [-0.39, 0.29) is 5.56 Å². The smallest absolute Gasteiger partial charge is 0.266 e. The zero-order chi connectivity index (χ0) is 18.8. The van der Waals surface area contributed by atoms with Crippen LogP contribution in [0.2, 0.25) is 5.02 Å². The summed E-state index contributed by atoms with van der Waals surface area (Å²) in [5.74, 6) is 0.542. The average Bonchev–Trinajstić information content (AvgIpc) is 2.69. The Morgan fingerprint density at radius 1 is 1.04 bits per heavy atom. The minimum Gasteiger partial charge on any atom is -0.268 e. The monoisotopic (exact) mass is 485 g/mol. The van der Waals surface area contributed by atoms with Gasteiger partial charge in [0, 0.05) is 21.0 Å². The summed E-state index contributed by atoms with van der Waals surface area (Å²) >= 11 is 8.20. The highest BCUT2D eigenvalue weighted by atomic mass is 127. The van der Waals surface area contributed by atoms with E-state index < -0.39 is 0 Å². The van der Waals surface area contributed by atoms with Crippen molar-refractivity contribution >= 4 is 57.2 Å². The number of rotatable bonds is 3. The fourth-order valence-corrected chi connectivity index (χ4v) is 3.39. The first kappa shape index (κ1) is 17.9. The molecule has 132 valence electrons. The Labute approximate surface area is 174 Å². The highest BCUT2D eigenvalue weighted by Crippen LogP contribution is 2.19. The summed E-state index contributed by atoms with van der Waals surface area (Å²) in [5.41, 5.74) is 2.18. The van der Waals surface area contributed by atoms with Crippen molar-refractivity contribution in [2.24, 2.45) is 0 Å². The lowest BCUT2D eigenvalue weighted by molar-refractivity contribution is 0.944. The third-order valence-electron chi connectivity index (χ3n) is 4.05. The van der Waals surface area contributed by atoms with Crippen molar-refractivity contribution in [2.75, 3.05) is 0 Å². The Morgan fingerprint density at radius 3 is 2.59 bits per heavy atom. The summed E-state index contributed by atoms with van der Waals surface area (Å²) in [6.07, 6.45) is 7.19. The van der Waals surface area contributed by atoms with Gasteiger partial charge in [-0.05, 0) is 88.8 Å². The van der Waals surface area contributed by atoms with Gasteiger partial charge in [0.05, 0.1) is 16.6 Å². The van der Waals surface area contributed by atoms with E-state index >= 15 is 0 Å². The Hall–Kier alpha value is -2.51. The molecule has 0 unspecified atom stereocenters. The Morgan fingerprint density at radius 2 is 1.85 bits per heavy atom. The van der Waals surface area contributed by atoms with Gasteiger partial charge in [-0.3, -0.25) is 14.3 Å². The first-order valence-corrected chi connectivity index (χ1v) is 9.64. The maximum atomic E-state index is 13.2. The number of hydrogen-bond acceptors (Lipinski definition) is 3. The summed E-state index contributed by atoms with van der Waals surface area (Å²) < 4.78 is 2.59. The lowest BCUT2D eigenvalue weighted by Crippen LogP contribution is -2.22. The molecule has 4 nitrogen and oxygen atoms in total. The maximum absolute atomic E-state index is 13.2. The molecule has 0 bridgehead atoms. The van der Waals surface area contributed by atoms with E-state index in [0.717, 1.165) is 9.13 Å². The van der Waals surface area contributed by atoms with Gasteiger partial charge in [-0.1, -0.05) is 17.7 Å². The second kappa shape index (κ2) is 7.62. The lowest BCUT2D eigenvalue weighted by atomic mass is 10.2. The van der Waals surface area contributed by atoms with Crippen molar-refractivity contribution in [3.63, 3.8) is 0 Å². The van der Waals surface area contributed by atoms with Gasteiger partial charge in [0.15, 0.2) is 0 Å². The van der Waals surface area contributed by atoms with Gasteiger partial charge in [-0.15, -0.1) is 0 Å². The lowest BCUT2D eigenvalue weighted by Gasteiger charge is -2.12. The van der Waals surface area contributed by atoms with Crippen LogP contribution in [0.5, 0.6) is 0 Å². The van der Waals surface area contributed by atoms with E-state index in [0.29, 0.717) is 27.4 Å². The van der Waals surface area contributed by atoms with Gasteiger partial charge in [0.1, 0.15) is 5.82 Å². The van der Waals surface area contributed by atoms with Gasteiger partial charge < -0.3 is 0 Å². The molecule has 6 heteroatoms. The molecule has 0 aliphatic rings. The van der Waals surface area contributed by atoms with Crippen LogP contribution in [0.25, 0.3) is 28.7 Å². The number of halogens is 2. The van der Waals surface area contributed by atoms with E-state index in [9.17, 15) is 4.79 Å². The second-order valence-electron chi connectivity index (χ2n) is 5.87. The predicted octanol–water partition coefficient (Wildman–Crippen LogP) is 5.21. The van der Waals surface area contributed by atoms with Crippen molar-refractivity contribution in [2.45, 2.75) is 0 Å². The molecule has 0 aliphatic carbocycles. The van der Waals surface area contributed by atoms with Crippen LogP contribution in [-0.4, -0.2) is 14.5 Å². The molecule has 0 saturated carbocycles. The van der Waals surface area contributed by atoms with Crippen LogP contribution in [0.15, 0.2) is 71.8 Å². The quantitative estimate of drug-likeness (QED) is 0.374. The van der Waals surface area contributed by atoms with E-state index in [1.165, 1.54) is 0 Å². The average molecular weight is 486 g/mol. The fraction of sp³-hybridized carbons (Fsp3) is 0.